The van der Waals surface area contributed by atoms with Crippen molar-refractivity contribution in [3.63, 3.8) is 0 Å². The van der Waals surface area contributed by atoms with E-state index in [1.807, 2.05) is 0 Å². The fourth-order valence-electron chi connectivity index (χ4n) is 1.54. The highest BCUT2D eigenvalue weighted by atomic mass is 19.3. The van der Waals surface area contributed by atoms with E-state index in [2.05, 4.69) is 0 Å². The third kappa shape index (κ3) is 2.14. The number of halogens is 2. The summed E-state index contributed by atoms with van der Waals surface area (Å²) in [5, 5.41) is 0. The van der Waals surface area contributed by atoms with E-state index in [0.29, 0.717) is 13.0 Å². The van der Waals surface area contributed by atoms with Crippen molar-refractivity contribution >= 4 is 5.91 Å². The van der Waals surface area contributed by atoms with Crippen LogP contribution < -0.4 is 5.73 Å². The van der Waals surface area contributed by atoms with Gasteiger partial charge in [-0.2, -0.15) is 0 Å². The lowest BCUT2D eigenvalue weighted by Crippen LogP contribution is -2.42. The monoisotopic (exact) mass is 178 g/mol. The minimum atomic E-state index is -2.38. The van der Waals surface area contributed by atoms with Gasteiger partial charge in [0.05, 0.1) is 12.6 Å². The topological polar surface area (TPSA) is 46.3 Å². The summed E-state index contributed by atoms with van der Waals surface area (Å²) < 4.78 is 23.9. The number of nitrogens with zero attached hydrogens (tertiary/aromatic N) is 1. The number of carbonyl (C=O) groups is 1. The predicted molar refractivity (Wildman–Crippen MR) is 39.8 cm³/mol. The number of rotatable bonds is 3. The molecule has 1 aliphatic rings. The van der Waals surface area contributed by atoms with E-state index in [0.717, 1.165) is 6.42 Å². The van der Waals surface area contributed by atoms with Crippen LogP contribution in [-0.4, -0.2) is 36.4 Å². The number of primary amides is 1. The summed E-state index contributed by atoms with van der Waals surface area (Å²) in [6.07, 6.45) is -0.993. The molecule has 1 aliphatic heterocycles. The Morgan fingerprint density at radius 2 is 2.33 bits per heavy atom. The van der Waals surface area contributed by atoms with Crippen LogP contribution in [0.2, 0.25) is 0 Å². The molecule has 3 nitrogen and oxygen atoms in total. The Morgan fingerprint density at radius 1 is 1.67 bits per heavy atom. The molecule has 1 saturated heterocycles. The van der Waals surface area contributed by atoms with Crippen molar-refractivity contribution in [2.45, 2.75) is 25.3 Å². The first-order valence-electron chi connectivity index (χ1n) is 3.93. The molecule has 0 saturated carbocycles. The second kappa shape index (κ2) is 3.80. The summed E-state index contributed by atoms with van der Waals surface area (Å²) in [5.41, 5.74) is 5.04. The molecule has 0 aliphatic carbocycles. The zero-order valence-corrected chi connectivity index (χ0v) is 6.67. The number of hydrogen-bond acceptors (Lipinski definition) is 2. The standard InChI is InChI=1S/C7H12F2N2O/c8-6(9)4-11-3-1-2-5(11)7(10)12/h5-6H,1-4H2,(H2,10,12). The molecule has 1 unspecified atom stereocenters. The molecular weight excluding hydrogens is 166 g/mol. The minimum absolute atomic E-state index is 0.340. The van der Waals surface area contributed by atoms with Crippen LogP contribution >= 0.6 is 0 Å². The lowest BCUT2D eigenvalue weighted by Gasteiger charge is -2.20. The SMILES string of the molecule is NC(=O)C1CCCN1CC(F)F. The van der Waals surface area contributed by atoms with Gasteiger partial charge in [0.1, 0.15) is 0 Å². The molecule has 1 fully saturated rings. The number of likely N-dealkylation sites (tertiary alicyclic amines) is 1. The van der Waals surface area contributed by atoms with Gasteiger partial charge in [0.15, 0.2) is 0 Å². The van der Waals surface area contributed by atoms with E-state index in [4.69, 9.17) is 5.73 Å². The zero-order valence-electron chi connectivity index (χ0n) is 6.67. The highest BCUT2D eigenvalue weighted by Gasteiger charge is 2.30. The quantitative estimate of drug-likeness (QED) is 0.671. The number of amides is 1. The Labute approximate surface area is 69.5 Å². The molecule has 0 radical (unpaired) electrons. The summed E-state index contributed by atoms with van der Waals surface area (Å²) in [4.78, 5) is 12.2. The molecule has 70 valence electrons. The normalized spacial score (nSPS) is 25.1. The molecule has 2 N–H and O–H groups in total. The first-order chi connectivity index (χ1) is 5.61. The molecule has 0 spiro atoms. The van der Waals surface area contributed by atoms with Crippen molar-refractivity contribution in [3.8, 4) is 0 Å². The lowest BCUT2D eigenvalue weighted by atomic mass is 10.2. The second-order valence-electron chi connectivity index (χ2n) is 2.95. The average molecular weight is 178 g/mol. The first-order valence-corrected chi connectivity index (χ1v) is 3.93. The summed E-state index contributed by atoms with van der Waals surface area (Å²) >= 11 is 0. The van der Waals surface area contributed by atoms with Crippen LogP contribution in [0.1, 0.15) is 12.8 Å². The van der Waals surface area contributed by atoms with Crippen molar-refractivity contribution in [2.75, 3.05) is 13.1 Å². The largest absolute Gasteiger partial charge is 0.368 e. The molecule has 5 heteroatoms. The van der Waals surface area contributed by atoms with E-state index >= 15 is 0 Å². The molecule has 1 atom stereocenters. The van der Waals surface area contributed by atoms with Gasteiger partial charge in [0.2, 0.25) is 5.91 Å². The molecular formula is C7H12F2N2O. The Hall–Kier alpha value is -0.710. The van der Waals surface area contributed by atoms with Gasteiger partial charge in [-0.1, -0.05) is 0 Å². The van der Waals surface area contributed by atoms with Crippen LogP contribution in [0.5, 0.6) is 0 Å². The fraction of sp³-hybridized carbons (Fsp3) is 0.857. The maximum absolute atomic E-state index is 11.9. The van der Waals surface area contributed by atoms with E-state index < -0.39 is 18.4 Å². The van der Waals surface area contributed by atoms with Crippen LogP contribution in [0.4, 0.5) is 8.78 Å². The van der Waals surface area contributed by atoms with Gasteiger partial charge in [-0.05, 0) is 19.4 Å². The van der Waals surface area contributed by atoms with Crippen molar-refractivity contribution < 1.29 is 13.6 Å². The highest BCUT2D eigenvalue weighted by Crippen LogP contribution is 2.17. The average Bonchev–Trinajstić information content (AvgIpc) is 2.33. The van der Waals surface area contributed by atoms with Crippen molar-refractivity contribution in [1.29, 1.82) is 0 Å². The van der Waals surface area contributed by atoms with Crippen molar-refractivity contribution in [3.05, 3.63) is 0 Å². The smallest absolute Gasteiger partial charge is 0.251 e. The summed E-state index contributed by atoms with van der Waals surface area (Å²) in [5.74, 6) is -0.492. The first kappa shape index (κ1) is 9.38. The summed E-state index contributed by atoms with van der Waals surface area (Å²) in [7, 11) is 0. The lowest BCUT2D eigenvalue weighted by molar-refractivity contribution is -0.122. The molecule has 0 bridgehead atoms. The van der Waals surface area contributed by atoms with Crippen molar-refractivity contribution in [1.82, 2.24) is 4.90 Å². The van der Waals surface area contributed by atoms with Crippen LogP contribution in [0, 0.1) is 0 Å². The van der Waals surface area contributed by atoms with Gasteiger partial charge in [-0.3, -0.25) is 9.69 Å². The van der Waals surface area contributed by atoms with E-state index in [9.17, 15) is 13.6 Å². The maximum Gasteiger partial charge on any atom is 0.251 e. The van der Waals surface area contributed by atoms with Gasteiger partial charge in [-0.15, -0.1) is 0 Å². The van der Waals surface area contributed by atoms with Crippen LogP contribution in [0.25, 0.3) is 0 Å². The van der Waals surface area contributed by atoms with Crippen LogP contribution in [0.3, 0.4) is 0 Å². The minimum Gasteiger partial charge on any atom is -0.368 e. The number of nitrogens with two attached hydrogens (primary N) is 1. The number of hydrogen-bond donors (Lipinski definition) is 1. The molecule has 0 aromatic rings. The molecule has 1 rings (SSSR count). The van der Waals surface area contributed by atoms with Crippen LogP contribution in [-0.2, 0) is 4.79 Å². The Balaban J connectivity index is 2.46. The van der Waals surface area contributed by atoms with Gasteiger partial charge in [-0.25, -0.2) is 8.78 Å². The Bertz CT molecular complexity index is 175. The third-order valence-corrected chi connectivity index (χ3v) is 2.06. The molecule has 1 heterocycles. The van der Waals surface area contributed by atoms with Crippen LogP contribution in [0.15, 0.2) is 0 Å². The van der Waals surface area contributed by atoms with Gasteiger partial charge < -0.3 is 5.73 Å². The maximum atomic E-state index is 11.9. The predicted octanol–water partition coefficient (Wildman–Crippen LogP) is 0.201. The van der Waals surface area contributed by atoms with Gasteiger partial charge in [0.25, 0.3) is 6.43 Å². The van der Waals surface area contributed by atoms with Crippen molar-refractivity contribution in [2.24, 2.45) is 5.73 Å². The number of carbonyl (C=O) groups excluding carboxylic acids is 1. The molecule has 12 heavy (non-hydrogen) atoms. The molecule has 1 amide bonds. The van der Waals surface area contributed by atoms with Gasteiger partial charge in [0, 0.05) is 0 Å². The second-order valence-corrected chi connectivity index (χ2v) is 2.95. The molecule has 0 aromatic carbocycles. The van der Waals surface area contributed by atoms with Gasteiger partial charge >= 0.3 is 0 Å². The summed E-state index contributed by atoms with van der Waals surface area (Å²) in [6, 6.07) is -0.473. The third-order valence-electron chi connectivity index (χ3n) is 2.06. The zero-order chi connectivity index (χ0) is 9.14. The number of alkyl halides is 2. The summed E-state index contributed by atoms with van der Waals surface area (Å²) in [6.45, 7) is 0.214. The Kier molecular flexibility index (Phi) is 2.97. The van der Waals surface area contributed by atoms with E-state index in [1.165, 1.54) is 4.90 Å². The van der Waals surface area contributed by atoms with E-state index in [1.54, 1.807) is 0 Å². The fourth-order valence-corrected chi connectivity index (χ4v) is 1.54. The Morgan fingerprint density at radius 3 is 2.83 bits per heavy atom. The van der Waals surface area contributed by atoms with E-state index in [-0.39, 0.29) is 6.54 Å². The molecule has 0 aromatic heterocycles. The highest BCUT2D eigenvalue weighted by molar-refractivity contribution is 5.80.